The summed E-state index contributed by atoms with van der Waals surface area (Å²) in [5.41, 5.74) is 3.46. The Morgan fingerprint density at radius 1 is 1.10 bits per heavy atom. The highest BCUT2D eigenvalue weighted by Gasteiger charge is 2.13. The molecule has 1 aromatic heterocycles. The van der Waals surface area contributed by atoms with Gasteiger partial charge in [-0.15, -0.1) is 0 Å². The summed E-state index contributed by atoms with van der Waals surface area (Å²) in [5, 5.41) is 7.43. The van der Waals surface area contributed by atoms with E-state index in [1.807, 2.05) is 66.9 Å². The fourth-order valence-corrected chi connectivity index (χ4v) is 2.97. The molecule has 1 N–H and O–H groups in total. The van der Waals surface area contributed by atoms with Gasteiger partial charge in [-0.3, -0.25) is 9.59 Å². The number of rotatable bonds is 9. The highest BCUT2D eigenvalue weighted by molar-refractivity contribution is 5.95. The molecule has 160 valence electrons. The molecule has 3 rings (SSSR count). The molecule has 0 saturated heterocycles. The highest BCUT2D eigenvalue weighted by Crippen LogP contribution is 2.24. The lowest BCUT2D eigenvalue weighted by molar-refractivity contribution is -0.131. The van der Waals surface area contributed by atoms with Gasteiger partial charge in [-0.1, -0.05) is 48.5 Å². The molecule has 0 spiro atoms. The van der Waals surface area contributed by atoms with E-state index in [9.17, 15) is 9.59 Å². The Morgan fingerprint density at radius 3 is 2.45 bits per heavy atom. The molecule has 0 saturated carbocycles. The van der Waals surface area contributed by atoms with Crippen molar-refractivity contribution in [1.29, 1.82) is 0 Å². The third-order valence-corrected chi connectivity index (χ3v) is 4.60. The van der Waals surface area contributed by atoms with E-state index in [1.165, 1.54) is 11.0 Å². The standard InChI is InChI=1S/C24H26N4O3/c1-27(18-22(29)25-15-16-31-2)23(30)14-13-20-17-28(21-11-7-4-8-12-21)26-24(20)19-9-5-3-6-10-19/h3-14,17H,15-16,18H2,1-2H3,(H,25,29)/b14-13+. The van der Waals surface area contributed by atoms with Gasteiger partial charge < -0.3 is 15.0 Å². The summed E-state index contributed by atoms with van der Waals surface area (Å²) in [5.74, 6) is -0.503. The summed E-state index contributed by atoms with van der Waals surface area (Å²) in [6.07, 6.45) is 5.08. The maximum atomic E-state index is 12.5. The number of hydrogen-bond donors (Lipinski definition) is 1. The lowest BCUT2D eigenvalue weighted by atomic mass is 10.1. The maximum Gasteiger partial charge on any atom is 0.246 e. The van der Waals surface area contributed by atoms with Gasteiger partial charge in [0, 0.05) is 44.1 Å². The quantitative estimate of drug-likeness (QED) is 0.428. The van der Waals surface area contributed by atoms with Crippen LogP contribution in [0.15, 0.2) is 72.9 Å². The molecule has 3 aromatic rings. The third kappa shape index (κ3) is 6.13. The second kappa shape index (κ2) is 10.9. The highest BCUT2D eigenvalue weighted by atomic mass is 16.5. The Bertz CT molecular complexity index is 1030. The number of carbonyl (C=O) groups excluding carboxylic acids is 2. The van der Waals surface area contributed by atoms with Crippen molar-refractivity contribution < 1.29 is 14.3 Å². The first-order valence-corrected chi connectivity index (χ1v) is 9.98. The van der Waals surface area contributed by atoms with Gasteiger partial charge in [0.15, 0.2) is 0 Å². The first-order valence-electron chi connectivity index (χ1n) is 9.98. The second-order valence-corrected chi connectivity index (χ2v) is 6.95. The molecule has 7 nitrogen and oxygen atoms in total. The molecular formula is C24H26N4O3. The van der Waals surface area contributed by atoms with E-state index >= 15 is 0 Å². The third-order valence-electron chi connectivity index (χ3n) is 4.60. The summed E-state index contributed by atoms with van der Waals surface area (Å²) in [4.78, 5) is 25.8. The van der Waals surface area contributed by atoms with Crippen LogP contribution in [0.4, 0.5) is 0 Å². The minimum absolute atomic E-state index is 0.0261. The summed E-state index contributed by atoms with van der Waals surface area (Å²) in [6, 6.07) is 19.6. The lowest BCUT2D eigenvalue weighted by Crippen LogP contribution is -2.38. The zero-order valence-corrected chi connectivity index (χ0v) is 17.7. The van der Waals surface area contributed by atoms with Crippen LogP contribution in [-0.2, 0) is 14.3 Å². The van der Waals surface area contributed by atoms with Crippen molar-refractivity contribution in [3.05, 3.63) is 78.5 Å². The molecule has 31 heavy (non-hydrogen) atoms. The molecule has 0 aliphatic rings. The summed E-state index contributed by atoms with van der Waals surface area (Å²) >= 11 is 0. The number of nitrogens with one attached hydrogen (secondary N) is 1. The number of likely N-dealkylation sites (N-methyl/N-ethyl adjacent to an activating group) is 1. The van der Waals surface area contributed by atoms with Crippen LogP contribution in [0.3, 0.4) is 0 Å². The lowest BCUT2D eigenvalue weighted by Gasteiger charge is -2.14. The van der Waals surface area contributed by atoms with Crippen molar-refractivity contribution in [3.63, 3.8) is 0 Å². The molecule has 1 heterocycles. The normalized spacial score (nSPS) is 10.9. The van der Waals surface area contributed by atoms with Crippen molar-refractivity contribution in [2.75, 3.05) is 33.9 Å². The van der Waals surface area contributed by atoms with Gasteiger partial charge in [-0.05, 0) is 18.2 Å². The van der Waals surface area contributed by atoms with E-state index in [2.05, 4.69) is 5.32 Å². The molecule has 7 heteroatoms. The van der Waals surface area contributed by atoms with Gasteiger partial charge in [-0.25, -0.2) is 4.68 Å². The van der Waals surface area contributed by atoms with Crippen molar-refractivity contribution >= 4 is 17.9 Å². The first-order chi connectivity index (χ1) is 15.1. The van der Waals surface area contributed by atoms with E-state index in [0.29, 0.717) is 13.2 Å². The average molecular weight is 418 g/mol. The summed E-state index contributed by atoms with van der Waals surface area (Å²) in [7, 11) is 3.16. The number of methoxy groups -OCH3 is 1. The summed E-state index contributed by atoms with van der Waals surface area (Å²) < 4.78 is 6.69. The Kier molecular flexibility index (Phi) is 7.73. The minimum Gasteiger partial charge on any atom is -0.383 e. The number of carbonyl (C=O) groups is 2. The van der Waals surface area contributed by atoms with E-state index in [4.69, 9.17) is 9.84 Å². The molecule has 0 aliphatic carbocycles. The molecule has 0 radical (unpaired) electrons. The fourth-order valence-electron chi connectivity index (χ4n) is 2.97. The topological polar surface area (TPSA) is 76.5 Å². The Morgan fingerprint density at radius 2 is 1.77 bits per heavy atom. The van der Waals surface area contributed by atoms with Gasteiger partial charge >= 0.3 is 0 Å². The Balaban J connectivity index is 1.78. The largest absolute Gasteiger partial charge is 0.383 e. The van der Waals surface area contributed by atoms with Crippen molar-refractivity contribution in [1.82, 2.24) is 20.0 Å². The molecule has 0 aliphatic heterocycles. The maximum absolute atomic E-state index is 12.5. The van der Waals surface area contributed by atoms with Gasteiger partial charge in [0.25, 0.3) is 0 Å². The molecular weight excluding hydrogens is 392 g/mol. The van der Waals surface area contributed by atoms with E-state index < -0.39 is 0 Å². The smallest absolute Gasteiger partial charge is 0.246 e. The Labute approximate surface area is 181 Å². The SMILES string of the molecule is COCCNC(=O)CN(C)C(=O)/C=C/c1cn(-c2ccccc2)nc1-c1ccccc1. The van der Waals surface area contributed by atoms with Crippen LogP contribution in [-0.4, -0.2) is 60.3 Å². The molecule has 2 amide bonds. The average Bonchev–Trinajstić information content (AvgIpc) is 3.23. The number of amides is 2. The number of aromatic nitrogens is 2. The van der Waals surface area contributed by atoms with Gasteiger partial charge in [0.05, 0.1) is 24.5 Å². The van der Waals surface area contributed by atoms with E-state index in [0.717, 1.165) is 22.5 Å². The van der Waals surface area contributed by atoms with Crippen LogP contribution in [0.5, 0.6) is 0 Å². The molecule has 0 bridgehead atoms. The predicted molar refractivity (Wildman–Crippen MR) is 121 cm³/mol. The number of hydrogen-bond acceptors (Lipinski definition) is 4. The first kappa shape index (κ1) is 22.0. The van der Waals surface area contributed by atoms with Crippen LogP contribution in [0.2, 0.25) is 0 Å². The summed E-state index contributed by atoms with van der Waals surface area (Å²) in [6.45, 7) is 0.811. The van der Waals surface area contributed by atoms with Crippen molar-refractivity contribution in [3.8, 4) is 16.9 Å². The van der Waals surface area contributed by atoms with Gasteiger partial charge in [0.1, 0.15) is 0 Å². The molecule has 0 atom stereocenters. The van der Waals surface area contributed by atoms with Crippen LogP contribution in [0.25, 0.3) is 23.0 Å². The number of ether oxygens (including phenoxy) is 1. The van der Waals surface area contributed by atoms with Crippen LogP contribution >= 0.6 is 0 Å². The second-order valence-electron chi connectivity index (χ2n) is 6.95. The monoisotopic (exact) mass is 418 g/mol. The molecule has 0 fully saturated rings. The zero-order valence-electron chi connectivity index (χ0n) is 17.7. The van der Waals surface area contributed by atoms with Gasteiger partial charge in [-0.2, -0.15) is 5.10 Å². The van der Waals surface area contributed by atoms with Crippen LogP contribution in [0, 0.1) is 0 Å². The number of nitrogens with zero attached hydrogens (tertiary/aromatic N) is 3. The minimum atomic E-state index is -0.270. The molecule has 0 unspecified atom stereocenters. The Hall–Kier alpha value is -3.71. The zero-order chi connectivity index (χ0) is 22.1. The van der Waals surface area contributed by atoms with Crippen LogP contribution in [0.1, 0.15) is 5.56 Å². The fraction of sp³-hybridized carbons (Fsp3) is 0.208. The van der Waals surface area contributed by atoms with E-state index in [-0.39, 0.29) is 18.4 Å². The van der Waals surface area contributed by atoms with Crippen LogP contribution < -0.4 is 5.32 Å². The van der Waals surface area contributed by atoms with Gasteiger partial charge in [0.2, 0.25) is 11.8 Å². The predicted octanol–water partition coefficient (Wildman–Crippen LogP) is 2.77. The van der Waals surface area contributed by atoms with E-state index in [1.54, 1.807) is 24.9 Å². The number of para-hydroxylation sites is 1. The van der Waals surface area contributed by atoms with Crippen molar-refractivity contribution in [2.45, 2.75) is 0 Å². The number of benzene rings is 2. The van der Waals surface area contributed by atoms with Crippen molar-refractivity contribution in [2.24, 2.45) is 0 Å². The molecule has 2 aromatic carbocycles.